The summed E-state index contributed by atoms with van der Waals surface area (Å²) >= 11 is 0. The third-order valence-electron chi connectivity index (χ3n) is 3.02. The number of ether oxygens (including phenoxy) is 1. The first-order chi connectivity index (χ1) is 9.33. The molecule has 0 saturated heterocycles. The molecular formula is C17H19O2. The summed E-state index contributed by atoms with van der Waals surface area (Å²) in [5.74, 6) is 1.07. The molecule has 0 bridgehead atoms. The van der Waals surface area contributed by atoms with Crippen LogP contribution in [0, 0.1) is 6.07 Å². The number of phenols is 1. The molecule has 0 aliphatic rings. The van der Waals surface area contributed by atoms with Crippen molar-refractivity contribution in [1.29, 1.82) is 0 Å². The minimum absolute atomic E-state index is 0.264. The maximum Gasteiger partial charge on any atom is 0.127 e. The molecule has 2 heteroatoms. The van der Waals surface area contributed by atoms with Crippen LogP contribution in [0.5, 0.6) is 11.5 Å². The molecular weight excluding hydrogens is 236 g/mol. The van der Waals surface area contributed by atoms with E-state index >= 15 is 0 Å². The minimum Gasteiger partial charge on any atom is -0.507 e. The van der Waals surface area contributed by atoms with Crippen LogP contribution in [-0.2, 0) is 0 Å². The normalized spacial score (nSPS) is 10.4. The molecule has 1 radical (unpaired) electrons. The molecule has 0 spiro atoms. The van der Waals surface area contributed by atoms with E-state index in [1.54, 1.807) is 6.07 Å². The van der Waals surface area contributed by atoms with Crippen LogP contribution in [0.3, 0.4) is 0 Å². The fourth-order valence-electron chi connectivity index (χ4n) is 1.99. The van der Waals surface area contributed by atoms with Crippen molar-refractivity contribution >= 4 is 0 Å². The number of aromatic hydroxyl groups is 1. The van der Waals surface area contributed by atoms with Gasteiger partial charge in [0.1, 0.15) is 11.5 Å². The first kappa shape index (κ1) is 13.5. The summed E-state index contributed by atoms with van der Waals surface area (Å²) in [4.78, 5) is 0. The van der Waals surface area contributed by atoms with E-state index in [1.165, 1.54) is 12.8 Å². The van der Waals surface area contributed by atoms with Crippen LogP contribution in [0.4, 0.5) is 0 Å². The molecule has 2 aromatic rings. The van der Waals surface area contributed by atoms with E-state index in [-0.39, 0.29) is 5.75 Å². The fraction of sp³-hybridized carbons (Fsp3) is 0.294. The number of para-hydroxylation sites is 1. The standard InChI is InChI=1S/C17H19O2/c1-2-3-8-13-19-17-12-7-5-10-15(17)14-9-4-6-11-16(14)18/h4,6-7,9-12,18H,2-3,8,13H2,1H3. The highest BCUT2D eigenvalue weighted by Crippen LogP contribution is 2.35. The predicted molar refractivity (Wildman–Crippen MR) is 77.4 cm³/mol. The quantitative estimate of drug-likeness (QED) is 0.774. The molecule has 0 heterocycles. The zero-order chi connectivity index (χ0) is 13.5. The second kappa shape index (κ2) is 6.83. The van der Waals surface area contributed by atoms with Gasteiger partial charge in [-0.15, -0.1) is 0 Å². The van der Waals surface area contributed by atoms with Crippen molar-refractivity contribution in [1.82, 2.24) is 0 Å². The first-order valence-corrected chi connectivity index (χ1v) is 6.74. The third kappa shape index (κ3) is 3.50. The molecule has 2 rings (SSSR count). The Labute approximate surface area is 114 Å². The lowest BCUT2D eigenvalue weighted by atomic mass is 10.0. The zero-order valence-electron chi connectivity index (χ0n) is 11.2. The lowest BCUT2D eigenvalue weighted by molar-refractivity contribution is 0.307. The van der Waals surface area contributed by atoms with Gasteiger partial charge in [-0.2, -0.15) is 0 Å². The lowest BCUT2D eigenvalue weighted by Gasteiger charge is -2.12. The fourth-order valence-corrected chi connectivity index (χ4v) is 1.99. The summed E-state index contributed by atoms with van der Waals surface area (Å²) in [7, 11) is 0. The van der Waals surface area contributed by atoms with Crippen molar-refractivity contribution in [3.05, 3.63) is 48.5 Å². The second-order valence-corrected chi connectivity index (χ2v) is 4.49. The average Bonchev–Trinajstić information content (AvgIpc) is 2.45. The van der Waals surface area contributed by atoms with E-state index in [1.807, 2.05) is 36.4 Å². The highest BCUT2D eigenvalue weighted by Gasteiger charge is 2.09. The van der Waals surface area contributed by atoms with Crippen molar-refractivity contribution in [3.8, 4) is 22.6 Å². The monoisotopic (exact) mass is 255 g/mol. The number of rotatable bonds is 6. The summed E-state index contributed by atoms with van der Waals surface area (Å²) in [6.07, 6.45) is 3.40. The van der Waals surface area contributed by atoms with Crippen LogP contribution >= 0.6 is 0 Å². The summed E-state index contributed by atoms with van der Waals surface area (Å²) in [5, 5.41) is 9.93. The minimum atomic E-state index is 0.264. The topological polar surface area (TPSA) is 29.5 Å². The Balaban J connectivity index is 2.19. The highest BCUT2D eigenvalue weighted by atomic mass is 16.5. The Morgan fingerprint density at radius 3 is 2.74 bits per heavy atom. The molecule has 0 amide bonds. The molecule has 1 N–H and O–H groups in total. The van der Waals surface area contributed by atoms with Gasteiger partial charge in [0.05, 0.1) is 6.61 Å². The Morgan fingerprint density at radius 1 is 1.11 bits per heavy atom. The van der Waals surface area contributed by atoms with Crippen molar-refractivity contribution in [3.63, 3.8) is 0 Å². The van der Waals surface area contributed by atoms with Gasteiger partial charge >= 0.3 is 0 Å². The number of unbranched alkanes of at least 4 members (excludes halogenated alkanes) is 2. The van der Waals surface area contributed by atoms with Crippen LogP contribution in [-0.4, -0.2) is 11.7 Å². The molecule has 2 nitrogen and oxygen atoms in total. The maximum atomic E-state index is 9.93. The molecule has 0 saturated carbocycles. The van der Waals surface area contributed by atoms with Gasteiger partial charge in [-0.3, -0.25) is 0 Å². The van der Waals surface area contributed by atoms with E-state index in [4.69, 9.17) is 4.74 Å². The summed E-state index contributed by atoms with van der Waals surface area (Å²) in [5.41, 5.74) is 1.67. The van der Waals surface area contributed by atoms with E-state index in [0.717, 1.165) is 23.3 Å². The van der Waals surface area contributed by atoms with Crippen LogP contribution < -0.4 is 4.74 Å². The van der Waals surface area contributed by atoms with Crippen molar-refractivity contribution < 1.29 is 9.84 Å². The third-order valence-corrected chi connectivity index (χ3v) is 3.02. The average molecular weight is 255 g/mol. The van der Waals surface area contributed by atoms with Crippen molar-refractivity contribution in [2.45, 2.75) is 26.2 Å². The van der Waals surface area contributed by atoms with E-state index in [9.17, 15) is 5.11 Å². The second-order valence-electron chi connectivity index (χ2n) is 4.49. The Hall–Kier alpha value is -1.96. The van der Waals surface area contributed by atoms with Gasteiger partial charge in [0.2, 0.25) is 0 Å². The summed E-state index contributed by atoms with van der Waals surface area (Å²) < 4.78 is 5.82. The smallest absolute Gasteiger partial charge is 0.127 e. The predicted octanol–water partition coefficient (Wildman–Crippen LogP) is 4.43. The maximum absolute atomic E-state index is 9.93. The van der Waals surface area contributed by atoms with Crippen LogP contribution in [0.15, 0.2) is 42.5 Å². The van der Waals surface area contributed by atoms with Gasteiger partial charge in [-0.05, 0) is 30.7 Å². The van der Waals surface area contributed by atoms with Gasteiger partial charge < -0.3 is 9.84 Å². The Kier molecular flexibility index (Phi) is 4.85. The number of hydrogen-bond acceptors (Lipinski definition) is 2. The largest absolute Gasteiger partial charge is 0.507 e. The number of hydrogen-bond donors (Lipinski definition) is 1. The molecule has 2 aromatic carbocycles. The van der Waals surface area contributed by atoms with Crippen molar-refractivity contribution in [2.24, 2.45) is 0 Å². The molecule has 0 aliphatic carbocycles. The van der Waals surface area contributed by atoms with Crippen LogP contribution in [0.1, 0.15) is 26.2 Å². The van der Waals surface area contributed by atoms with E-state index < -0.39 is 0 Å². The summed E-state index contributed by atoms with van der Waals surface area (Å²) in [6, 6.07) is 15.9. The zero-order valence-corrected chi connectivity index (χ0v) is 11.2. The van der Waals surface area contributed by atoms with Gasteiger partial charge in [0, 0.05) is 11.1 Å². The highest BCUT2D eigenvalue weighted by molar-refractivity contribution is 5.75. The summed E-state index contributed by atoms with van der Waals surface area (Å²) in [6.45, 7) is 2.88. The molecule has 0 unspecified atom stereocenters. The molecule has 0 atom stereocenters. The first-order valence-electron chi connectivity index (χ1n) is 6.74. The molecule has 0 aromatic heterocycles. The van der Waals surface area contributed by atoms with Crippen LogP contribution in [0.2, 0.25) is 0 Å². The number of phenolic OH excluding ortho intramolecular Hbond substituents is 1. The van der Waals surface area contributed by atoms with Gasteiger partial charge in [0.15, 0.2) is 0 Å². The van der Waals surface area contributed by atoms with E-state index in [2.05, 4.69) is 13.0 Å². The molecule has 19 heavy (non-hydrogen) atoms. The Bertz CT molecular complexity index is 520. The SMILES string of the molecule is CCCCCOc1cc[c]cc1-c1ccccc1O. The van der Waals surface area contributed by atoms with Gasteiger partial charge in [-0.1, -0.05) is 44.0 Å². The number of benzene rings is 2. The molecule has 0 aliphatic heterocycles. The lowest BCUT2D eigenvalue weighted by Crippen LogP contribution is -1.98. The van der Waals surface area contributed by atoms with E-state index in [0.29, 0.717) is 6.61 Å². The van der Waals surface area contributed by atoms with Crippen LogP contribution in [0.25, 0.3) is 11.1 Å². The van der Waals surface area contributed by atoms with Gasteiger partial charge in [0.25, 0.3) is 0 Å². The Morgan fingerprint density at radius 2 is 1.95 bits per heavy atom. The van der Waals surface area contributed by atoms with Crippen molar-refractivity contribution in [2.75, 3.05) is 6.61 Å². The van der Waals surface area contributed by atoms with Gasteiger partial charge in [-0.25, -0.2) is 0 Å². The molecule has 99 valence electrons. The molecule has 0 fully saturated rings.